The van der Waals surface area contributed by atoms with Crippen LogP contribution in [0.2, 0.25) is 0 Å². The molecule has 4 N–H and O–H groups in total. The first-order valence-corrected chi connectivity index (χ1v) is 6.93. The quantitative estimate of drug-likeness (QED) is 0.659. The van der Waals surface area contributed by atoms with Crippen LogP contribution in [-0.4, -0.2) is 31.3 Å². The van der Waals surface area contributed by atoms with Crippen LogP contribution in [0.4, 0.5) is 5.69 Å². The molecule has 0 saturated heterocycles. The molecule has 0 radical (unpaired) electrons. The molecule has 0 aromatic heterocycles. The number of nitrogens with one attached hydrogen (secondary N) is 1. The van der Waals surface area contributed by atoms with E-state index in [4.69, 9.17) is 10.3 Å². The summed E-state index contributed by atoms with van der Waals surface area (Å²) in [4.78, 5) is 0. The SMILES string of the molecule is CC(CNc1ccc(CCN)cc1)S(=O)(=O)O. The molecule has 17 heavy (non-hydrogen) atoms. The Kier molecular flexibility index (Phi) is 4.92. The number of hydrogen-bond acceptors (Lipinski definition) is 4. The van der Waals surface area contributed by atoms with Crippen molar-refractivity contribution in [2.24, 2.45) is 5.73 Å². The van der Waals surface area contributed by atoms with Crippen molar-refractivity contribution < 1.29 is 13.0 Å². The van der Waals surface area contributed by atoms with Gasteiger partial charge in [0.05, 0.1) is 0 Å². The van der Waals surface area contributed by atoms with Gasteiger partial charge in [-0.25, -0.2) is 0 Å². The predicted molar refractivity (Wildman–Crippen MR) is 68.7 cm³/mol. The molecule has 1 unspecified atom stereocenters. The Morgan fingerprint density at radius 1 is 1.35 bits per heavy atom. The second-order valence-corrected chi connectivity index (χ2v) is 5.78. The average Bonchev–Trinajstić information content (AvgIpc) is 2.27. The summed E-state index contributed by atoms with van der Waals surface area (Å²) >= 11 is 0. The zero-order chi connectivity index (χ0) is 12.9. The van der Waals surface area contributed by atoms with Crippen molar-refractivity contribution in [1.82, 2.24) is 0 Å². The number of anilines is 1. The fourth-order valence-corrected chi connectivity index (χ4v) is 1.62. The van der Waals surface area contributed by atoms with Gasteiger partial charge in [0.1, 0.15) is 5.25 Å². The van der Waals surface area contributed by atoms with E-state index in [1.165, 1.54) is 6.92 Å². The van der Waals surface area contributed by atoms with E-state index in [0.29, 0.717) is 6.54 Å². The second kappa shape index (κ2) is 6.00. The minimum Gasteiger partial charge on any atom is -0.384 e. The van der Waals surface area contributed by atoms with E-state index >= 15 is 0 Å². The van der Waals surface area contributed by atoms with E-state index in [2.05, 4.69) is 5.32 Å². The Labute approximate surface area is 102 Å². The van der Waals surface area contributed by atoms with Gasteiger partial charge in [-0.1, -0.05) is 12.1 Å². The summed E-state index contributed by atoms with van der Waals surface area (Å²) in [5.74, 6) is 0. The van der Waals surface area contributed by atoms with Crippen LogP contribution in [0.15, 0.2) is 24.3 Å². The molecular formula is C11H18N2O3S. The summed E-state index contributed by atoms with van der Waals surface area (Å²) in [6.45, 7) is 2.23. The lowest BCUT2D eigenvalue weighted by atomic mass is 10.1. The fraction of sp³-hybridized carbons (Fsp3) is 0.455. The fourth-order valence-electron chi connectivity index (χ4n) is 1.32. The number of rotatable bonds is 6. The normalized spacial score (nSPS) is 13.4. The maximum atomic E-state index is 10.8. The molecule has 0 aliphatic rings. The maximum Gasteiger partial charge on any atom is 0.269 e. The zero-order valence-corrected chi connectivity index (χ0v) is 10.6. The van der Waals surface area contributed by atoms with E-state index in [1.54, 1.807) is 0 Å². The Morgan fingerprint density at radius 2 is 1.94 bits per heavy atom. The third-order valence-electron chi connectivity index (χ3n) is 2.49. The van der Waals surface area contributed by atoms with Crippen molar-refractivity contribution in [3.8, 4) is 0 Å². The molecule has 1 rings (SSSR count). The van der Waals surface area contributed by atoms with Gasteiger partial charge in [-0.05, 0) is 37.6 Å². The van der Waals surface area contributed by atoms with Crippen LogP contribution in [0, 0.1) is 0 Å². The molecule has 1 atom stereocenters. The van der Waals surface area contributed by atoms with Gasteiger partial charge < -0.3 is 11.1 Å². The van der Waals surface area contributed by atoms with E-state index < -0.39 is 15.4 Å². The van der Waals surface area contributed by atoms with Gasteiger partial charge in [-0.3, -0.25) is 4.55 Å². The van der Waals surface area contributed by atoms with Crippen molar-refractivity contribution in [1.29, 1.82) is 0 Å². The molecule has 0 amide bonds. The van der Waals surface area contributed by atoms with Gasteiger partial charge in [0.2, 0.25) is 0 Å². The topological polar surface area (TPSA) is 92.4 Å². The molecule has 6 heteroatoms. The minimum absolute atomic E-state index is 0.176. The second-order valence-electron chi connectivity index (χ2n) is 3.94. The molecule has 1 aromatic rings. The summed E-state index contributed by atoms with van der Waals surface area (Å²) in [6.07, 6.45) is 0.821. The molecule has 0 bridgehead atoms. The molecule has 0 spiro atoms. The molecular weight excluding hydrogens is 240 g/mol. The molecule has 0 saturated carbocycles. The van der Waals surface area contributed by atoms with Crippen LogP contribution in [0.1, 0.15) is 12.5 Å². The zero-order valence-electron chi connectivity index (χ0n) is 9.76. The van der Waals surface area contributed by atoms with Crippen LogP contribution >= 0.6 is 0 Å². The molecule has 1 aromatic carbocycles. The molecule has 0 heterocycles. The monoisotopic (exact) mass is 258 g/mol. The number of hydrogen-bond donors (Lipinski definition) is 3. The van der Waals surface area contributed by atoms with Crippen molar-refractivity contribution in [2.45, 2.75) is 18.6 Å². The Hall–Kier alpha value is -1.11. The summed E-state index contributed by atoms with van der Waals surface area (Å²) in [6, 6.07) is 7.60. The molecule has 96 valence electrons. The van der Waals surface area contributed by atoms with Crippen molar-refractivity contribution in [2.75, 3.05) is 18.4 Å². The van der Waals surface area contributed by atoms with Crippen molar-refractivity contribution >= 4 is 15.8 Å². The largest absolute Gasteiger partial charge is 0.384 e. The van der Waals surface area contributed by atoms with Gasteiger partial charge in [-0.2, -0.15) is 8.42 Å². The van der Waals surface area contributed by atoms with E-state index in [-0.39, 0.29) is 6.54 Å². The molecule has 5 nitrogen and oxygen atoms in total. The van der Waals surface area contributed by atoms with E-state index in [0.717, 1.165) is 17.7 Å². The molecule has 0 aliphatic heterocycles. The Bertz CT molecular complexity index is 442. The first-order valence-electron chi connectivity index (χ1n) is 5.42. The highest BCUT2D eigenvalue weighted by Gasteiger charge is 2.16. The van der Waals surface area contributed by atoms with Gasteiger partial charge in [-0.15, -0.1) is 0 Å². The minimum atomic E-state index is -3.97. The molecule has 0 fully saturated rings. The van der Waals surface area contributed by atoms with Crippen molar-refractivity contribution in [3.63, 3.8) is 0 Å². The van der Waals surface area contributed by atoms with Gasteiger partial charge >= 0.3 is 0 Å². The summed E-state index contributed by atoms with van der Waals surface area (Å²) in [7, 11) is -3.97. The third-order valence-corrected chi connectivity index (χ3v) is 3.67. The van der Waals surface area contributed by atoms with E-state index in [9.17, 15) is 8.42 Å². The summed E-state index contributed by atoms with van der Waals surface area (Å²) < 4.78 is 30.4. The highest BCUT2D eigenvalue weighted by atomic mass is 32.2. The summed E-state index contributed by atoms with van der Waals surface area (Å²) in [5, 5.41) is 2.12. The van der Waals surface area contributed by atoms with Crippen LogP contribution in [0.25, 0.3) is 0 Å². The van der Waals surface area contributed by atoms with Crippen LogP contribution in [0.3, 0.4) is 0 Å². The van der Waals surface area contributed by atoms with Crippen molar-refractivity contribution in [3.05, 3.63) is 29.8 Å². The first kappa shape index (κ1) is 14.0. The Morgan fingerprint density at radius 3 is 2.41 bits per heavy atom. The Balaban J connectivity index is 2.53. The van der Waals surface area contributed by atoms with Crippen LogP contribution < -0.4 is 11.1 Å². The van der Waals surface area contributed by atoms with E-state index in [1.807, 2.05) is 24.3 Å². The highest BCUT2D eigenvalue weighted by molar-refractivity contribution is 7.86. The average molecular weight is 258 g/mol. The third kappa shape index (κ3) is 4.72. The van der Waals surface area contributed by atoms with Crippen LogP contribution in [0.5, 0.6) is 0 Å². The first-order chi connectivity index (χ1) is 7.93. The lowest BCUT2D eigenvalue weighted by molar-refractivity contribution is 0.472. The standard InChI is InChI=1S/C11H18N2O3S/c1-9(17(14,15)16)8-13-11-4-2-10(3-5-11)6-7-12/h2-5,9,13H,6-8,12H2,1H3,(H,14,15,16). The smallest absolute Gasteiger partial charge is 0.269 e. The summed E-state index contributed by atoms with van der Waals surface area (Å²) in [5.41, 5.74) is 7.40. The van der Waals surface area contributed by atoms with Gasteiger partial charge in [0.25, 0.3) is 10.1 Å². The number of benzene rings is 1. The molecule has 0 aliphatic carbocycles. The van der Waals surface area contributed by atoms with Gasteiger partial charge in [0, 0.05) is 12.2 Å². The maximum absolute atomic E-state index is 10.8. The number of nitrogens with two attached hydrogens (primary N) is 1. The van der Waals surface area contributed by atoms with Crippen LogP contribution in [-0.2, 0) is 16.5 Å². The lowest BCUT2D eigenvalue weighted by Gasteiger charge is -2.11. The lowest BCUT2D eigenvalue weighted by Crippen LogP contribution is -2.25. The highest BCUT2D eigenvalue weighted by Crippen LogP contribution is 2.10. The van der Waals surface area contributed by atoms with Gasteiger partial charge in [0.15, 0.2) is 0 Å². The predicted octanol–water partition coefficient (Wildman–Crippen LogP) is 0.876.